The lowest BCUT2D eigenvalue weighted by Crippen LogP contribution is -2.44. The molecule has 7 heteroatoms. The zero-order valence-corrected chi connectivity index (χ0v) is 16.5. The molecule has 0 fully saturated rings. The van der Waals surface area contributed by atoms with Crippen molar-refractivity contribution in [3.63, 3.8) is 0 Å². The van der Waals surface area contributed by atoms with E-state index in [2.05, 4.69) is 0 Å². The molecule has 0 radical (unpaired) electrons. The Morgan fingerprint density at radius 1 is 1.03 bits per heavy atom. The number of hydrogen-bond acceptors (Lipinski definition) is 6. The fraction of sp³-hybridized carbons (Fsp3) is 0.318. The molecule has 2 N–H and O–H groups in total. The third kappa shape index (κ3) is 4.88. The Kier molecular flexibility index (Phi) is 7.64. The Morgan fingerprint density at radius 3 is 2.24 bits per heavy atom. The van der Waals surface area contributed by atoms with E-state index < -0.39 is 23.9 Å². The first kappa shape index (κ1) is 22.3. The number of Topliss-reactive ketones (excluding diaryl/α,β-unsaturated/α-hetero) is 1. The van der Waals surface area contributed by atoms with Crippen molar-refractivity contribution in [2.24, 2.45) is 0 Å². The summed E-state index contributed by atoms with van der Waals surface area (Å²) in [6.07, 6.45) is -0.397. The van der Waals surface area contributed by atoms with Crippen LogP contribution in [0.3, 0.4) is 0 Å². The van der Waals surface area contributed by atoms with Crippen molar-refractivity contribution in [2.45, 2.75) is 25.9 Å². The van der Waals surface area contributed by atoms with Gasteiger partial charge in [0.15, 0.2) is 11.4 Å². The van der Waals surface area contributed by atoms with Gasteiger partial charge in [0.25, 0.3) is 5.91 Å². The highest BCUT2D eigenvalue weighted by molar-refractivity contribution is 6.12. The molecule has 2 aromatic rings. The average Bonchev–Trinajstić information content (AvgIpc) is 2.91. The van der Waals surface area contributed by atoms with Gasteiger partial charge in [-0.25, -0.2) is 0 Å². The monoisotopic (exact) mass is 399 g/mol. The number of nitrogens with zero attached hydrogens (tertiary/aromatic N) is 1. The summed E-state index contributed by atoms with van der Waals surface area (Å²) in [5.41, 5.74) is -0.863. The van der Waals surface area contributed by atoms with Gasteiger partial charge in [-0.3, -0.25) is 19.3 Å². The number of ketones is 1. The van der Waals surface area contributed by atoms with Crippen molar-refractivity contribution in [2.75, 3.05) is 24.7 Å². The molecule has 154 valence electrons. The molecule has 0 saturated carbocycles. The Bertz CT molecular complexity index is 867. The molecule has 2 aromatic carbocycles. The molecule has 0 bridgehead atoms. The van der Waals surface area contributed by atoms with Crippen molar-refractivity contribution in [1.29, 1.82) is 0 Å². The van der Waals surface area contributed by atoms with Crippen LogP contribution in [0.25, 0.3) is 0 Å². The molecule has 1 aliphatic heterocycles. The minimum absolute atomic E-state index is 0.194. The second-order valence-electron chi connectivity index (χ2n) is 6.36. The van der Waals surface area contributed by atoms with Crippen LogP contribution < -0.4 is 4.90 Å². The van der Waals surface area contributed by atoms with Crippen LogP contribution in [-0.4, -0.2) is 47.6 Å². The number of esters is 1. The van der Waals surface area contributed by atoms with Crippen molar-refractivity contribution in [3.8, 4) is 0 Å². The second kappa shape index (κ2) is 9.95. The molecule has 1 amide bonds. The first-order chi connectivity index (χ1) is 13.9. The maximum absolute atomic E-state index is 12.9. The first-order valence-corrected chi connectivity index (χ1v) is 9.37. The molecule has 1 atom stereocenters. The highest BCUT2D eigenvalue weighted by atomic mass is 16.5. The molecule has 7 nitrogen and oxygen atoms in total. The van der Waals surface area contributed by atoms with E-state index in [0.29, 0.717) is 16.8 Å². The number of amides is 1. The number of benzene rings is 2. The fourth-order valence-electron chi connectivity index (χ4n) is 3.13. The van der Waals surface area contributed by atoms with Gasteiger partial charge >= 0.3 is 5.97 Å². The van der Waals surface area contributed by atoms with E-state index in [1.54, 1.807) is 68.4 Å². The lowest BCUT2D eigenvalue weighted by molar-refractivity contribution is -0.144. The number of ether oxygens (including phenoxy) is 1. The van der Waals surface area contributed by atoms with Crippen molar-refractivity contribution in [3.05, 3.63) is 65.7 Å². The topological polar surface area (TPSA) is 104 Å². The SMILES string of the molecule is CCO.CCOC(=O)CN1C(=O)C(O)(CC(=O)c2ccccc2)c2ccccc21. The molecule has 0 saturated heterocycles. The van der Waals surface area contributed by atoms with Gasteiger partial charge in [0, 0.05) is 17.7 Å². The number of rotatable bonds is 6. The van der Waals surface area contributed by atoms with Gasteiger partial charge in [-0.15, -0.1) is 0 Å². The van der Waals surface area contributed by atoms with Crippen molar-refractivity contribution < 1.29 is 29.3 Å². The minimum atomic E-state index is -2.00. The quantitative estimate of drug-likeness (QED) is 0.569. The number of fused-ring (bicyclic) bond motifs is 1. The number of para-hydroxylation sites is 1. The third-order valence-electron chi connectivity index (χ3n) is 4.34. The summed E-state index contributed by atoms with van der Waals surface area (Å²) in [4.78, 5) is 38.5. The number of aliphatic hydroxyl groups excluding tert-OH is 1. The summed E-state index contributed by atoms with van der Waals surface area (Å²) in [6, 6.07) is 15.1. The average molecular weight is 399 g/mol. The number of hydrogen-bond donors (Lipinski definition) is 2. The van der Waals surface area contributed by atoms with Gasteiger partial charge in [0.1, 0.15) is 6.54 Å². The van der Waals surface area contributed by atoms with E-state index >= 15 is 0 Å². The van der Waals surface area contributed by atoms with E-state index in [0.717, 1.165) is 0 Å². The molecule has 3 rings (SSSR count). The molecule has 0 aliphatic carbocycles. The van der Waals surface area contributed by atoms with Gasteiger partial charge in [0.05, 0.1) is 18.7 Å². The maximum Gasteiger partial charge on any atom is 0.326 e. The van der Waals surface area contributed by atoms with Gasteiger partial charge in [-0.05, 0) is 19.9 Å². The minimum Gasteiger partial charge on any atom is -0.465 e. The van der Waals surface area contributed by atoms with E-state index in [4.69, 9.17) is 9.84 Å². The molecule has 29 heavy (non-hydrogen) atoms. The summed E-state index contributed by atoms with van der Waals surface area (Å²) in [6.45, 7) is 3.48. The highest BCUT2D eigenvalue weighted by Crippen LogP contribution is 2.42. The fourth-order valence-corrected chi connectivity index (χ4v) is 3.13. The van der Waals surface area contributed by atoms with Gasteiger partial charge in [-0.1, -0.05) is 48.5 Å². The van der Waals surface area contributed by atoms with Gasteiger partial charge in [-0.2, -0.15) is 0 Å². The number of carbonyl (C=O) groups is 3. The second-order valence-corrected chi connectivity index (χ2v) is 6.36. The molecular weight excluding hydrogens is 374 g/mol. The van der Waals surface area contributed by atoms with E-state index in [1.807, 2.05) is 0 Å². The number of anilines is 1. The molecule has 1 aliphatic rings. The molecule has 1 unspecified atom stereocenters. The number of carbonyl (C=O) groups excluding carboxylic acids is 3. The van der Waals surface area contributed by atoms with E-state index in [1.165, 1.54) is 4.90 Å². The van der Waals surface area contributed by atoms with E-state index in [-0.39, 0.29) is 25.5 Å². The van der Waals surface area contributed by atoms with Crippen LogP contribution in [0.5, 0.6) is 0 Å². The smallest absolute Gasteiger partial charge is 0.326 e. The lowest BCUT2D eigenvalue weighted by Gasteiger charge is -2.22. The number of aliphatic hydroxyl groups is 2. The Morgan fingerprint density at radius 2 is 1.62 bits per heavy atom. The highest BCUT2D eigenvalue weighted by Gasteiger charge is 2.51. The lowest BCUT2D eigenvalue weighted by atomic mass is 9.88. The zero-order chi connectivity index (χ0) is 21.4. The normalized spacial score (nSPS) is 17.2. The van der Waals surface area contributed by atoms with E-state index in [9.17, 15) is 19.5 Å². The Labute approximate surface area is 169 Å². The molecule has 0 spiro atoms. The predicted octanol–water partition coefficient (Wildman–Crippen LogP) is 2.06. The summed E-state index contributed by atoms with van der Waals surface area (Å²) < 4.78 is 4.90. The summed E-state index contributed by atoms with van der Waals surface area (Å²) in [5, 5.41) is 18.7. The van der Waals surface area contributed by atoms with Crippen LogP contribution in [0.2, 0.25) is 0 Å². The van der Waals surface area contributed by atoms with Gasteiger partial charge in [0.2, 0.25) is 0 Å². The van der Waals surface area contributed by atoms with Crippen LogP contribution >= 0.6 is 0 Å². The summed E-state index contributed by atoms with van der Waals surface area (Å²) >= 11 is 0. The largest absolute Gasteiger partial charge is 0.465 e. The van der Waals surface area contributed by atoms with Crippen LogP contribution in [-0.2, 0) is 19.9 Å². The molecular formula is C22H25NO6. The van der Waals surface area contributed by atoms with Crippen molar-refractivity contribution in [1.82, 2.24) is 0 Å². The van der Waals surface area contributed by atoms with Crippen LogP contribution in [0.4, 0.5) is 5.69 Å². The standard InChI is InChI=1S/C20H19NO5.C2H6O/c1-2-26-18(23)13-21-16-11-7-6-10-15(16)20(25,19(21)24)12-17(22)14-8-4-3-5-9-14;1-2-3/h3-11,25H,2,12-13H2,1H3;3H,2H2,1H3. The summed E-state index contributed by atoms with van der Waals surface area (Å²) in [7, 11) is 0. The third-order valence-corrected chi connectivity index (χ3v) is 4.34. The maximum atomic E-state index is 12.9. The summed E-state index contributed by atoms with van der Waals surface area (Å²) in [5.74, 6) is -1.63. The van der Waals surface area contributed by atoms with Crippen molar-refractivity contribution >= 4 is 23.3 Å². The van der Waals surface area contributed by atoms with Crippen LogP contribution in [0, 0.1) is 0 Å². The predicted molar refractivity (Wildman–Crippen MR) is 107 cm³/mol. The van der Waals surface area contributed by atoms with Crippen LogP contribution in [0.15, 0.2) is 54.6 Å². The Hall–Kier alpha value is -3.03. The zero-order valence-electron chi connectivity index (χ0n) is 16.5. The first-order valence-electron chi connectivity index (χ1n) is 9.37. The van der Waals surface area contributed by atoms with Crippen LogP contribution in [0.1, 0.15) is 36.2 Å². The molecule has 1 heterocycles. The van der Waals surface area contributed by atoms with Gasteiger partial charge < -0.3 is 14.9 Å². The molecule has 0 aromatic heterocycles. The Balaban J connectivity index is 0.000000941.